The summed E-state index contributed by atoms with van der Waals surface area (Å²) in [5.41, 5.74) is 3.44. The maximum atomic E-state index is 13.6. The van der Waals surface area contributed by atoms with Crippen molar-refractivity contribution >= 4 is 32.5 Å². The average Bonchev–Trinajstić information content (AvgIpc) is 3.42. The smallest absolute Gasteiger partial charge is 0.256 e. The van der Waals surface area contributed by atoms with Gasteiger partial charge in [-0.25, -0.2) is 18.1 Å². The molecule has 0 bridgehead atoms. The molecule has 0 spiro atoms. The van der Waals surface area contributed by atoms with Gasteiger partial charge in [-0.15, -0.1) is 0 Å². The fraction of sp³-hybridized carbons (Fsp3) is 0.269. The molecule has 1 fully saturated rings. The first-order valence-corrected chi connectivity index (χ1v) is 13.3. The number of amides is 1. The summed E-state index contributed by atoms with van der Waals surface area (Å²) < 4.78 is 36.6. The second-order valence-corrected chi connectivity index (χ2v) is 11.0. The molecule has 36 heavy (non-hydrogen) atoms. The number of carbonyl (C=O) groups excluding carboxylic acids is 1. The molecule has 2 aromatic heterocycles. The molecule has 3 heterocycles. The first-order valence-electron chi connectivity index (χ1n) is 11.5. The number of nitrogens with zero attached hydrogens (tertiary/aromatic N) is 3. The van der Waals surface area contributed by atoms with E-state index in [4.69, 9.17) is 14.5 Å². The highest BCUT2D eigenvalue weighted by molar-refractivity contribution is 7.91. The van der Waals surface area contributed by atoms with Crippen molar-refractivity contribution in [3.05, 3.63) is 65.9 Å². The van der Waals surface area contributed by atoms with Crippen LogP contribution in [0, 0.1) is 6.92 Å². The standard InChI is InChI=1S/C26H26N4O5S/c1-16-24-22(26(31)27-18-5-4-6-21(13-18)35-3)14-23(17-7-9-20(34-2)10-8-17)28-25(24)30(29-16)19-11-12-36(32,33)15-19/h4-10,13-14,19H,11-12,15H2,1-3H3,(H,27,31). The highest BCUT2D eigenvalue weighted by atomic mass is 32.2. The molecule has 186 valence electrons. The summed E-state index contributed by atoms with van der Waals surface area (Å²) in [6, 6.07) is 15.9. The van der Waals surface area contributed by atoms with Gasteiger partial charge in [0.15, 0.2) is 15.5 Å². The van der Waals surface area contributed by atoms with Crippen LogP contribution in [0.5, 0.6) is 11.5 Å². The Morgan fingerprint density at radius 2 is 1.81 bits per heavy atom. The Bertz CT molecular complexity index is 1560. The van der Waals surface area contributed by atoms with E-state index >= 15 is 0 Å². The molecule has 0 aliphatic carbocycles. The molecule has 5 rings (SSSR count). The van der Waals surface area contributed by atoms with E-state index in [2.05, 4.69) is 10.4 Å². The lowest BCUT2D eigenvalue weighted by molar-refractivity contribution is 0.102. The molecular formula is C26H26N4O5S. The number of aryl methyl sites for hydroxylation is 1. The number of carbonyl (C=O) groups is 1. The molecule has 1 N–H and O–H groups in total. The van der Waals surface area contributed by atoms with Crippen LogP contribution in [0.3, 0.4) is 0 Å². The fourth-order valence-electron chi connectivity index (χ4n) is 4.52. The molecule has 0 radical (unpaired) electrons. The summed E-state index contributed by atoms with van der Waals surface area (Å²) in [5, 5.41) is 8.18. The van der Waals surface area contributed by atoms with Crippen molar-refractivity contribution < 1.29 is 22.7 Å². The minimum atomic E-state index is -3.14. The van der Waals surface area contributed by atoms with Crippen LogP contribution in [0.1, 0.15) is 28.5 Å². The molecule has 1 unspecified atom stereocenters. The van der Waals surface area contributed by atoms with E-state index in [0.29, 0.717) is 51.6 Å². The van der Waals surface area contributed by atoms with Crippen molar-refractivity contribution in [2.75, 3.05) is 31.0 Å². The second-order valence-electron chi connectivity index (χ2n) is 8.76. The van der Waals surface area contributed by atoms with Gasteiger partial charge in [0.25, 0.3) is 5.91 Å². The maximum Gasteiger partial charge on any atom is 0.256 e. The van der Waals surface area contributed by atoms with E-state index in [0.717, 1.165) is 5.56 Å². The third-order valence-corrected chi connectivity index (χ3v) is 8.10. The third-order valence-electron chi connectivity index (χ3n) is 6.35. The highest BCUT2D eigenvalue weighted by Crippen LogP contribution is 2.33. The molecule has 0 saturated carbocycles. The van der Waals surface area contributed by atoms with E-state index in [1.54, 1.807) is 56.2 Å². The minimum Gasteiger partial charge on any atom is -0.497 e. The number of fused-ring (bicyclic) bond motifs is 1. The van der Waals surface area contributed by atoms with Gasteiger partial charge in [-0.3, -0.25) is 4.79 Å². The number of pyridine rings is 1. The number of ether oxygens (including phenoxy) is 2. The number of nitrogens with one attached hydrogen (secondary N) is 1. The van der Waals surface area contributed by atoms with Crippen molar-refractivity contribution in [3.63, 3.8) is 0 Å². The van der Waals surface area contributed by atoms with Gasteiger partial charge < -0.3 is 14.8 Å². The topological polar surface area (TPSA) is 112 Å². The number of sulfone groups is 1. The summed E-state index contributed by atoms with van der Waals surface area (Å²) in [5.74, 6) is 1.11. The predicted octanol–water partition coefficient (Wildman–Crippen LogP) is 4.04. The molecule has 2 aromatic carbocycles. The Kier molecular flexibility index (Phi) is 6.13. The van der Waals surface area contributed by atoms with Gasteiger partial charge in [0.05, 0.1) is 54.1 Å². The van der Waals surface area contributed by atoms with Crippen LogP contribution in [-0.2, 0) is 9.84 Å². The number of hydrogen-bond acceptors (Lipinski definition) is 7. The van der Waals surface area contributed by atoms with E-state index in [1.807, 2.05) is 24.3 Å². The van der Waals surface area contributed by atoms with Crippen LogP contribution in [0.15, 0.2) is 54.6 Å². The molecule has 10 heteroatoms. The molecular weight excluding hydrogens is 480 g/mol. The number of benzene rings is 2. The van der Waals surface area contributed by atoms with Crippen LogP contribution in [-0.4, -0.2) is 54.8 Å². The van der Waals surface area contributed by atoms with E-state index in [-0.39, 0.29) is 23.5 Å². The summed E-state index contributed by atoms with van der Waals surface area (Å²) >= 11 is 0. The zero-order chi connectivity index (χ0) is 25.4. The molecule has 1 amide bonds. The lowest BCUT2D eigenvalue weighted by Gasteiger charge is -2.13. The van der Waals surface area contributed by atoms with Gasteiger partial charge in [-0.05, 0) is 55.8 Å². The molecule has 1 aliphatic rings. The summed E-state index contributed by atoms with van der Waals surface area (Å²) in [6.07, 6.45) is 0.457. The van der Waals surface area contributed by atoms with Gasteiger partial charge in [0.1, 0.15) is 11.5 Å². The molecule has 9 nitrogen and oxygen atoms in total. The van der Waals surface area contributed by atoms with Crippen molar-refractivity contribution in [2.24, 2.45) is 0 Å². The fourth-order valence-corrected chi connectivity index (χ4v) is 6.22. The average molecular weight is 507 g/mol. The van der Waals surface area contributed by atoms with Gasteiger partial charge in [-0.1, -0.05) is 6.07 Å². The Morgan fingerprint density at radius 1 is 1.06 bits per heavy atom. The largest absolute Gasteiger partial charge is 0.497 e. The monoisotopic (exact) mass is 506 g/mol. The van der Waals surface area contributed by atoms with Crippen molar-refractivity contribution in [3.8, 4) is 22.8 Å². The Balaban J connectivity index is 1.65. The van der Waals surface area contributed by atoms with Crippen molar-refractivity contribution in [1.82, 2.24) is 14.8 Å². The maximum absolute atomic E-state index is 13.6. The Morgan fingerprint density at radius 3 is 2.47 bits per heavy atom. The van der Waals surface area contributed by atoms with Crippen LogP contribution < -0.4 is 14.8 Å². The Labute approximate surface area is 209 Å². The number of aromatic nitrogens is 3. The number of rotatable bonds is 6. The quantitative estimate of drug-likeness (QED) is 0.420. The molecule has 1 aliphatic heterocycles. The lowest BCUT2D eigenvalue weighted by Crippen LogP contribution is -2.15. The zero-order valence-corrected chi connectivity index (χ0v) is 21.0. The van der Waals surface area contributed by atoms with Crippen LogP contribution in [0.25, 0.3) is 22.3 Å². The van der Waals surface area contributed by atoms with Crippen molar-refractivity contribution in [1.29, 1.82) is 0 Å². The first kappa shape index (κ1) is 23.8. The molecule has 1 atom stereocenters. The number of anilines is 1. The SMILES string of the molecule is COc1ccc(-c2cc(C(=O)Nc3cccc(OC)c3)c3c(C)nn(C4CCS(=O)(=O)C4)c3n2)cc1. The van der Waals surface area contributed by atoms with E-state index < -0.39 is 9.84 Å². The highest BCUT2D eigenvalue weighted by Gasteiger charge is 2.32. The van der Waals surface area contributed by atoms with E-state index in [1.165, 1.54) is 0 Å². The zero-order valence-electron chi connectivity index (χ0n) is 20.2. The molecule has 1 saturated heterocycles. The molecule has 4 aromatic rings. The summed E-state index contributed by atoms with van der Waals surface area (Å²) in [6.45, 7) is 1.80. The minimum absolute atomic E-state index is 0.00298. The Hall–Kier alpha value is -3.92. The second kappa shape index (κ2) is 9.27. The van der Waals surface area contributed by atoms with Crippen molar-refractivity contribution in [2.45, 2.75) is 19.4 Å². The first-order chi connectivity index (χ1) is 17.3. The van der Waals surface area contributed by atoms with Gasteiger partial charge in [0, 0.05) is 17.3 Å². The van der Waals surface area contributed by atoms with Gasteiger partial charge >= 0.3 is 0 Å². The normalized spacial score (nSPS) is 16.7. The third kappa shape index (κ3) is 4.51. The lowest BCUT2D eigenvalue weighted by atomic mass is 10.0. The summed E-state index contributed by atoms with van der Waals surface area (Å²) in [7, 11) is 0.0191. The number of methoxy groups -OCH3 is 2. The summed E-state index contributed by atoms with van der Waals surface area (Å²) in [4.78, 5) is 18.4. The van der Waals surface area contributed by atoms with Gasteiger partial charge in [0.2, 0.25) is 0 Å². The van der Waals surface area contributed by atoms with Gasteiger partial charge in [-0.2, -0.15) is 5.10 Å². The van der Waals surface area contributed by atoms with Crippen LogP contribution in [0.2, 0.25) is 0 Å². The van der Waals surface area contributed by atoms with Crippen LogP contribution in [0.4, 0.5) is 5.69 Å². The number of hydrogen-bond donors (Lipinski definition) is 1. The van der Waals surface area contributed by atoms with E-state index in [9.17, 15) is 13.2 Å². The van der Waals surface area contributed by atoms with Crippen LogP contribution >= 0.6 is 0 Å². The predicted molar refractivity (Wildman–Crippen MR) is 138 cm³/mol.